The number of benzene rings is 2. The van der Waals surface area contributed by atoms with E-state index in [0.717, 1.165) is 18.7 Å². The van der Waals surface area contributed by atoms with Crippen LogP contribution in [0.3, 0.4) is 0 Å². The van der Waals surface area contributed by atoms with E-state index in [-0.39, 0.29) is 11.9 Å². The predicted octanol–water partition coefficient (Wildman–Crippen LogP) is 4.22. The summed E-state index contributed by atoms with van der Waals surface area (Å²) in [6, 6.07) is 20.1. The number of hydrogen-bond donors (Lipinski definition) is 1. The number of aryl methyl sites for hydroxylation is 1. The van der Waals surface area contributed by atoms with Crippen molar-refractivity contribution in [2.45, 2.75) is 25.8 Å². The van der Waals surface area contributed by atoms with Gasteiger partial charge < -0.3 is 9.84 Å². The number of amides is 1. The van der Waals surface area contributed by atoms with Crippen LogP contribution < -0.4 is 5.32 Å². The summed E-state index contributed by atoms with van der Waals surface area (Å²) in [7, 11) is 0. The first kappa shape index (κ1) is 18.4. The van der Waals surface area contributed by atoms with Gasteiger partial charge in [-0.1, -0.05) is 65.3 Å². The average Bonchev–Trinajstić information content (AvgIpc) is 3.42. The van der Waals surface area contributed by atoms with Gasteiger partial charge in [-0.25, -0.2) is 0 Å². The van der Waals surface area contributed by atoms with Crippen molar-refractivity contribution in [2.24, 2.45) is 0 Å². The molecule has 2 heterocycles. The second-order valence-electron chi connectivity index (χ2n) is 7.32. The molecule has 1 aliphatic rings. The molecule has 1 atom stereocenters. The molecule has 5 heteroatoms. The Morgan fingerprint density at radius 1 is 1.11 bits per heavy atom. The molecule has 3 aromatic rings. The zero-order valence-corrected chi connectivity index (χ0v) is 16.1. The molecule has 1 saturated heterocycles. The average molecular weight is 375 g/mol. The Labute approximate surface area is 165 Å². The largest absolute Gasteiger partial charge is 0.355 e. The third kappa shape index (κ3) is 4.15. The van der Waals surface area contributed by atoms with E-state index < -0.39 is 0 Å². The molecule has 1 unspecified atom stereocenters. The van der Waals surface area contributed by atoms with Crippen LogP contribution in [0.5, 0.6) is 0 Å². The number of rotatable bonds is 6. The number of nitrogens with one attached hydrogen (secondary N) is 1. The summed E-state index contributed by atoms with van der Waals surface area (Å²) < 4.78 is 5.36. The maximum Gasteiger partial charge on any atom is 0.273 e. The molecule has 1 aliphatic heterocycles. The van der Waals surface area contributed by atoms with Crippen molar-refractivity contribution in [1.82, 2.24) is 15.4 Å². The molecule has 0 radical (unpaired) electrons. The molecule has 5 nitrogen and oxygen atoms in total. The number of carbonyl (C=O) groups excluding carboxylic acids is 1. The Hall–Kier alpha value is -2.92. The zero-order chi connectivity index (χ0) is 19.3. The van der Waals surface area contributed by atoms with Crippen LogP contribution in [-0.4, -0.2) is 35.6 Å². The first-order chi connectivity index (χ1) is 13.7. The van der Waals surface area contributed by atoms with Gasteiger partial charge in [-0.15, -0.1) is 0 Å². The van der Waals surface area contributed by atoms with Crippen LogP contribution in [0.1, 0.15) is 40.5 Å². The van der Waals surface area contributed by atoms with E-state index in [9.17, 15) is 4.79 Å². The Balaban J connectivity index is 1.45. The number of hydrogen-bond acceptors (Lipinski definition) is 4. The molecule has 28 heavy (non-hydrogen) atoms. The standard InChI is InChI=1S/C23H25N3O2/c1-17-9-11-18(12-10-17)21(26-13-5-6-14-26)16-24-23(27)20-15-22(28-25-20)19-7-3-2-4-8-19/h2-4,7-12,15,21H,5-6,13-14,16H2,1H3,(H,24,27). The van der Waals surface area contributed by atoms with Gasteiger partial charge in [-0.2, -0.15) is 0 Å². The Morgan fingerprint density at radius 3 is 2.54 bits per heavy atom. The minimum absolute atomic E-state index is 0.174. The topological polar surface area (TPSA) is 58.4 Å². The van der Waals surface area contributed by atoms with Crippen LogP contribution >= 0.6 is 0 Å². The Bertz CT molecular complexity index is 913. The van der Waals surface area contributed by atoms with Gasteiger partial charge in [-0.3, -0.25) is 9.69 Å². The zero-order valence-electron chi connectivity index (χ0n) is 16.1. The van der Waals surface area contributed by atoms with Gasteiger partial charge in [-0.05, 0) is 38.4 Å². The van der Waals surface area contributed by atoms with E-state index >= 15 is 0 Å². The lowest BCUT2D eigenvalue weighted by Crippen LogP contribution is -2.36. The summed E-state index contributed by atoms with van der Waals surface area (Å²) in [5.41, 5.74) is 3.69. The minimum Gasteiger partial charge on any atom is -0.355 e. The summed E-state index contributed by atoms with van der Waals surface area (Å²) in [4.78, 5) is 15.1. The van der Waals surface area contributed by atoms with Crippen molar-refractivity contribution in [3.05, 3.63) is 77.5 Å². The summed E-state index contributed by atoms with van der Waals surface area (Å²) in [6.45, 7) is 4.77. The number of carbonyl (C=O) groups is 1. The first-order valence-electron chi connectivity index (χ1n) is 9.81. The fraction of sp³-hybridized carbons (Fsp3) is 0.304. The molecular formula is C23H25N3O2. The first-order valence-corrected chi connectivity index (χ1v) is 9.81. The van der Waals surface area contributed by atoms with E-state index in [0.29, 0.717) is 18.0 Å². The van der Waals surface area contributed by atoms with Gasteiger partial charge in [0.1, 0.15) is 0 Å². The molecule has 0 aliphatic carbocycles. The third-order valence-electron chi connectivity index (χ3n) is 5.30. The van der Waals surface area contributed by atoms with Crippen molar-refractivity contribution >= 4 is 5.91 Å². The SMILES string of the molecule is Cc1ccc(C(CNC(=O)c2cc(-c3ccccc3)on2)N2CCCC2)cc1. The maximum atomic E-state index is 12.6. The smallest absolute Gasteiger partial charge is 0.273 e. The molecule has 0 saturated carbocycles. The number of aromatic nitrogens is 1. The normalized spacial score (nSPS) is 15.5. The summed E-state index contributed by atoms with van der Waals surface area (Å²) in [5, 5.41) is 7.00. The van der Waals surface area contributed by atoms with E-state index in [2.05, 4.69) is 46.6 Å². The quantitative estimate of drug-likeness (QED) is 0.701. The summed E-state index contributed by atoms with van der Waals surface area (Å²) in [5.74, 6) is 0.391. The Kier molecular flexibility index (Phi) is 5.53. The van der Waals surface area contributed by atoms with E-state index in [1.54, 1.807) is 6.07 Å². The van der Waals surface area contributed by atoms with Gasteiger partial charge in [0.15, 0.2) is 11.5 Å². The van der Waals surface area contributed by atoms with Crippen LogP contribution in [-0.2, 0) is 0 Å². The van der Waals surface area contributed by atoms with Crippen LogP contribution in [0.15, 0.2) is 65.2 Å². The van der Waals surface area contributed by atoms with Gasteiger partial charge >= 0.3 is 0 Å². The molecule has 1 amide bonds. The van der Waals surface area contributed by atoms with Gasteiger partial charge in [0.2, 0.25) is 0 Å². The molecule has 1 fully saturated rings. The fourth-order valence-corrected chi connectivity index (χ4v) is 3.70. The maximum absolute atomic E-state index is 12.6. The lowest BCUT2D eigenvalue weighted by atomic mass is 10.0. The predicted molar refractivity (Wildman–Crippen MR) is 109 cm³/mol. The van der Waals surface area contributed by atoms with E-state index in [4.69, 9.17) is 4.52 Å². The highest BCUT2D eigenvalue weighted by atomic mass is 16.5. The number of likely N-dealkylation sites (tertiary alicyclic amines) is 1. The number of nitrogens with zero attached hydrogens (tertiary/aromatic N) is 2. The van der Waals surface area contributed by atoms with Crippen LogP contribution in [0.2, 0.25) is 0 Å². The van der Waals surface area contributed by atoms with Crippen LogP contribution in [0.4, 0.5) is 0 Å². The molecular weight excluding hydrogens is 350 g/mol. The van der Waals surface area contributed by atoms with Gasteiger partial charge in [0, 0.05) is 18.2 Å². The van der Waals surface area contributed by atoms with Gasteiger partial charge in [0.25, 0.3) is 5.91 Å². The van der Waals surface area contributed by atoms with E-state index in [1.807, 2.05) is 30.3 Å². The highest BCUT2D eigenvalue weighted by molar-refractivity contribution is 5.93. The molecule has 0 bridgehead atoms. The highest BCUT2D eigenvalue weighted by Gasteiger charge is 2.24. The molecule has 2 aromatic carbocycles. The molecule has 144 valence electrons. The second kappa shape index (κ2) is 8.40. The summed E-state index contributed by atoms with van der Waals surface area (Å²) >= 11 is 0. The molecule has 4 rings (SSSR count). The molecule has 0 spiro atoms. The van der Waals surface area contributed by atoms with Gasteiger partial charge in [0.05, 0.1) is 6.04 Å². The minimum atomic E-state index is -0.206. The van der Waals surface area contributed by atoms with Crippen molar-refractivity contribution in [1.29, 1.82) is 0 Å². The van der Waals surface area contributed by atoms with Crippen molar-refractivity contribution < 1.29 is 9.32 Å². The second-order valence-corrected chi connectivity index (χ2v) is 7.32. The summed E-state index contributed by atoms with van der Waals surface area (Å²) in [6.07, 6.45) is 2.42. The monoisotopic (exact) mass is 375 g/mol. The van der Waals surface area contributed by atoms with Crippen LogP contribution in [0, 0.1) is 6.92 Å². The van der Waals surface area contributed by atoms with Crippen molar-refractivity contribution in [3.63, 3.8) is 0 Å². The molecule has 1 N–H and O–H groups in total. The van der Waals surface area contributed by atoms with Crippen molar-refractivity contribution in [2.75, 3.05) is 19.6 Å². The fourth-order valence-electron chi connectivity index (χ4n) is 3.70. The van der Waals surface area contributed by atoms with E-state index in [1.165, 1.54) is 24.0 Å². The van der Waals surface area contributed by atoms with Crippen LogP contribution in [0.25, 0.3) is 11.3 Å². The lowest BCUT2D eigenvalue weighted by molar-refractivity contribution is 0.0929. The lowest BCUT2D eigenvalue weighted by Gasteiger charge is -2.28. The van der Waals surface area contributed by atoms with Crippen molar-refractivity contribution in [3.8, 4) is 11.3 Å². The highest BCUT2D eigenvalue weighted by Crippen LogP contribution is 2.25. The third-order valence-corrected chi connectivity index (χ3v) is 5.30. The Morgan fingerprint density at radius 2 is 1.82 bits per heavy atom. The molecule has 1 aromatic heterocycles.